The summed E-state index contributed by atoms with van der Waals surface area (Å²) < 4.78 is 5.44. The van der Waals surface area contributed by atoms with E-state index in [1.165, 1.54) is 57.8 Å². The van der Waals surface area contributed by atoms with Gasteiger partial charge in [-0.3, -0.25) is 0 Å². The van der Waals surface area contributed by atoms with Crippen LogP contribution in [0.3, 0.4) is 0 Å². The summed E-state index contributed by atoms with van der Waals surface area (Å²) in [5, 5.41) is 20.9. The zero-order valence-electron chi connectivity index (χ0n) is 18.9. The number of hydrogen-bond donors (Lipinski definition) is 2. The molecule has 166 valence electrons. The van der Waals surface area contributed by atoms with Gasteiger partial charge >= 0.3 is 0 Å². The number of fused-ring (bicyclic) bond motifs is 5. The molecule has 4 aliphatic carbocycles. The first-order valence-corrected chi connectivity index (χ1v) is 12.8. The van der Waals surface area contributed by atoms with Crippen molar-refractivity contribution in [2.45, 2.75) is 109 Å². The largest absolute Gasteiger partial charge is 0.393 e. The van der Waals surface area contributed by atoms with Gasteiger partial charge in [0.1, 0.15) is 0 Å². The lowest BCUT2D eigenvalue weighted by atomic mass is 9.44. The Bertz CT molecular complexity index is 599. The summed E-state index contributed by atoms with van der Waals surface area (Å²) in [6, 6.07) is 0. The molecular weight excluding hydrogens is 360 g/mol. The van der Waals surface area contributed by atoms with Gasteiger partial charge in [-0.1, -0.05) is 20.3 Å². The fraction of sp³-hybridized carbons (Fsp3) is 1.00. The minimum atomic E-state index is -0.533. The van der Waals surface area contributed by atoms with E-state index in [1.807, 2.05) is 0 Å². The third kappa shape index (κ3) is 3.42. The van der Waals surface area contributed by atoms with Crippen LogP contribution in [0.2, 0.25) is 0 Å². The fourth-order valence-corrected chi connectivity index (χ4v) is 9.29. The summed E-state index contributed by atoms with van der Waals surface area (Å²) in [6.45, 7) is 6.52. The first-order valence-electron chi connectivity index (χ1n) is 12.8. The summed E-state index contributed by atoms with van der Waals surface area (Å²) in [7, 11) is 0. The minimum Gasteiger partial charge on any atom is -0.393 e. The van der Waals surface area contributed by atoms with Crippen molar-refractivity contribution in [3.05, 3.63) is 0 Å². The highest BCUT2D eigenvalue weighted by Crippen LogP contribution is 2.67. The van der Waals surface area contributed by atoms with E-state index in [2.05, 4.69) is 13.8 Å². The monoisotopic (exact) mass is 404 g/mol. The van der Waals surface area contributed by atoms with Gasteiger partial charge in [0.2, 0.25) is 0 Å². The second-order valence-corrected chi connectivity index (χ2v) is 12.3. The molecule has 1 heterocycles. The van der Waals surface area contributed by atoms with E-state index in [0.29, 0.717) is 17.4 Å². The number of hydrogen-bond acceptors (Lipinski definition) is 3. The average Bonchev–Trinajstić information content (AvgIpc) is 3.26. The summed E-state index contributed by atoms with van der Waals surface area (Å²) >= 11 is 0. The molecule has 5 aliphatic rings. The zero-order chi connectivity index (χ0) is 20.3. The van der Waals surface area contributed by atoms with Crippen molar-refractivity contribution in [1.82, 2.24) is 0 Å². The van der Waals surface area contributed by atoms with E-state index in [-0.39, 0.29) is 6.10 Å². The van der Waals surface area contributed by atoms with Gasteiger partial charge in [0.05, 0.1) is 18.3 Å². The first kappa shape index (κ1) is 20.8. The van der Waals surface area contributed by atoms with Gasteiger partial charge in [-0.05, 0) is 111 Å². The standard InChI is InChI=1S/C26H44O3/c1-24-13-10-23-21(7-5-19-16-20(27)9-12-25(19,23)2)22(24)8-6-18(24)4-3-11-26(28)14-15-29-17-26/h18-23,27-28H,3-17H2,1-2H3. The number of rotatable bonds is 4. The molecular formula is C26H44O3. The third-order valence-electron chi connectivity index (χ3n) is 11.1. The Morgan fingerprint density at radius 2 is 1.69 bits per heavy atom. The van der Waals surface area contributed by atoms with E-state index in [0.717, 1.165) is 61.9 Å². The summed E-state index contributed by atoms with van der Waals surface area (Å²) in [4.78, 5) is 0. The predicted molar refractivity (Wildman–Crippen MR) is 115 cm³/mol. The smallest absolute Gasteiger partial charge is 0.0902 e. The minimum absolute atomic E-state index is 0.0329. The number of ether oxygens (including phenoxy) is 1. The normalized spacial score (nSPS) is 54.6. The molecule has 0 bridgehead atoms. The van der Waals surface area contributed by atoms with Crippen LogP contribution < -0.4 is 0 Å². The molecule has 5 fully saturated rings. The van der Waals surface area contributed by atoms with Crippen molar-refractivity contribution < 1.29 is 14.9 Å². The molecule has 1 aliphatic heterocycles. The van der Waals surface area contributed by atoms with E-state index in [9.17, 15) is 10.2 Å². The van der Waals surface area contributed by atoms with Gasteiger partial charge in [-0.2, -0.15) is 0 Å². The fourth-order valence-electron chi connectivity index (χ4n) is 9.29. The van der Waals surface area contributed by atoms with Crippen LogP contribution in [0, 0.1) is 40.4 Å². The molecule has 0 spiro atoms. The van der Waals surface area contributed by atoms with Crippen molar-refractivity contribution in [2.24, 2.45) is 40.4 Å². The Hall–Kier alpha value is -0.120. The Morgan fingerprint density at radius 3 is 2.48 bits per heavy atom. The maximum atomic E-state index is 10.6. The molecule has 3 heteroatoms. The summed E-state index contributed by atoms with van der Waals surface area (Å²) in [5.74, 6) is 4.39. The van der Waals surface area contributed by atoms with Crippen molar-refractivity contribution in [1.29, 1.82) is 0 Å². The van der Waals surface area contributed by atoms with E-state index >= 15 is 0 Å². The topological polar surface area (TPSA) is 49.7 Å². The maximum absolute atomic E-state index is 10.6. The number of aliphatic hydroxyl groups excluding tert-OH is 1. The molecule has 29 heavy (non-hydrogen) atoms. The van der Waals surface area contributed by atoms with Gasteiger partial charge in [-0.25, -0.2) is 0 Å². The lowest BCUT2D eigenvalue weighted by Gasteiger charge is -2.61. The zero-order valence-corrected chi connectivity index (χ0v) is 18.9. The van der Waals surface area contributed by atoms with Gasteiger partial charge in [0.25, 0.3) is 0 Å². The van der Waals surface area contributed by atoms with Crippen LogP contribution in [-0.2, 0) is 4.74 Å². The molecule has 2 N–H and O–H groups in total. The predicted octanol–water partition coefficient (Wildman–Crippen LogP) is 5.33. The number of aliphatic hydroxyl groups is 2. The molecule has 1 saturated heterocycles. The molecule has 9 unspecified atom stereocenters. The van der Waals surface area contributed by atoms with Gasteiger partial charge < -0.3 is 14.9 Å². The van der Waals surface area contributed by atoms with E-state index < -0.39 is 5.60 Å². The van der Waals surface area contributed by atoms with E-state index in [4.69, 9.17) is 4.74 Å². The lowest BCUT2D eigenvalue weighted by molar-refractivity contribution is -0.127. The molecule has 0 aromatic heterocycles. The first-order chi connectivity index (χ1) is 13.8. The Morgan fingerprint density at radius 1 is 0.897 bits per heavy atom. The van der Waals surface area contributed by atoms with Crippen LogP contribution in [0.1, 0.15) is 97.3 Å². The van der Waals surface area contributed by atoms with Crippen LogP contribution in [0.4, 0.5) is 0 Å². The van der Waals surface area contributed by atoms with E-state index in [1.54, 1.807) is 0 Å². The SMILES string of the molecule is CC12CCC3C(CCC4CC(O)CCC43C)C1CCC2CCCC1(O)CCOC1. The van der Waals surface area contributed by atoms with Crippen LogP contribution in [0.5, 0.6) is 0 Å². The molecule has 3 nitrogen and oxygen atoms in total. The summed E-state index contributed by atoms with van der Waals surface area (Å²) in [6.07, 6.45) is 16.0. The quantitative estimate of drug-likeness (QED) is 0.666. The highest BCUT2D eigenvalue weighted by molar-refractivity contribution is 5.09. The molecule has 0 aromatic rings. The Labute approximate surface area is 178 Å². The Kier molecular flexibility index (Phi) is 5.36. The van der Waals surface area contributed by atoms with Crippen molar-refractivity contribution in [3.8, 4) is 0 Å². The molecule has 0 amide bonds. The molecule has 4 saturated carbocycles. The van der Waals surface area contributed by atoms with Crippen LogP contribution in [0.25, 0.3) is 0 Å². The highest BCUT2D eigenvalue weighted by Gasteiger charge is 2.59. The lowest BCUT2D eigenvalue weighted by Crippen LogP contribution is -2.53. The highest BCUT2D eigenvalue weighted by atomic mass is 16.5. The summed E-state index contributed by atoms with van der Waals surface area (Å²) in [5.41, 5.74) is 0.496. The van der Waals surface area contributed by atoms with Crippen LogP contribution in [-0.4, -0.2) is 35.1 Å². The van der Waals surface area contributed by atoms with Gasteiger partial charge in [0, 0.05) is 13.0 Å². The van der Waals surface area contributed by atoms with Crippen molar-refractivity contribution in [2.75, 3.05) is 13.2 Å². The maximum Gasteiger partial charge on any atom is 0.0902 e. The third-order valence-corrected chi connectivity index (χ3v) is 11.1. The molecule has 5 rings (SSSR count). The van der Waals surface area contributed by atoms with Crippen LogP contribution in [0.15, 0.2) is 0 Å². The Balaban J connectivity index is 1.25. The second kappa shape index (κ2) is 7.48. The molecule has 0 radical (unpaired) electrons. The van der Waals surface area contributed by atoms with Crippen molar-refractivity contribution in [3.63, 3.8) is 0 Å². The van der Waals surface area contributed by atoms with Crippen LogP contribution >= 0.6 is 0 Å². The molecule has 9 atom stereocenters. The second-order valence-electron chi connectivity index (χ2n) is 12.3. The molecule has 0 aromatic carbocycles. The average molecular weight is 405 g/mol. The van der Waals surface area contributed by atoms with Gasteiger partial charge in [-0.15, -0.1) is 0 Å². The van der Waals surface area contributed by atoms with Gasteiger partial charge in [0.15, 0.2) is 0 Å². The van der Waals surface area contributed by atoms with Crippen molar-refractivity contribution >= 4 is 0 Å².